The number of nitrogens with two attached hydrogens (primary N) is 1. The van der Waals surface area contributed by atoms with Crippen molar-refractivity contribution in [2.24, 2.45) is 5.73 Å². The molecule has 1 amide bonds. The van der Waals surface area contributed by atoms with Gasteiger partial charge in [-0.15, -0.1) is 0 Å². The predicted octanol–water partition coefficient (Wildman–Crippen LogP) is 1.22. The number of carbonyl (C=O) groups excluding carboxylic acids is 1. The van der Waals surface area contributed by atoms with Gasteiger partial charge in [0, 0.05) is 32.1 Å². The first-order chi connectivity index (χ1) is 7.08. The van der Waals surface area contributed by atoms with E-state index in [1.807, 2.05) is 5.01 Å². The van der Waals surface area contributed by atoms with Gasteiger partial charge < -0.3 is 5.73 Å². The summed E-state index contributed by atoms with van der Waals surface area (Å²) in [6, 6.07) is 0.350. The Morgan fingerprint density at radius 2 is 1.93 bits per heavy atom. The van der Waals surface area contributed by atoms with Gasteiger partial charge in [0.25, 0.3) is 0 Å². The molecule has 0 aromatic heterocycles. The number of carbonyl (C=O) groups is 1. The van der Waals surface area contributed by atoms with Gasteiger partial charge in [0.2, 0.25) is 5.91 Å². The van der Waals surface area contributed by atoms with Gasteiger partial charge in [-0.05, 0) is 20.3 Å². The van der Waals surface area contributed by atoms with Gasteiger partial charge in [0.15, 0.2) is 0 Å². The van der Waals surface area contributed by atoms with Gasteiger partial charge >= 0.3 is 0 Å². The molecule has 0 spiro atoms. The molecule has 4 nitrogen and oxygen atoms in total. The van der Waals surface area contributed by atoms with Crippen LogP contribution in [-0.2, 0) is 4.79 Å². The number of hydrogen-bond donors (Lipinski definition) is 1. The van der Waals surface area contributed by atoms with E-state index in [0.29, 0.717) is 19.0 Å². The molecule has 0 rings (SSSR count). The molecule has 0 aliphatic carbocycles. The molecule has 0 aliphatic heterocycles. The van der Waals surface area contributed by atoms with Gasteiger partial charge in [-0.3, -0.25) is 9.80 Å². The summed E-state index contributed by atoms with van der Waals surface area (Å²) in [6.07, 6.45) is 1.41. The molecule has 0 heterocycles. The van der Waals surface area contributed by atoms with E-state index in [9.17, 15) is 4.79 Å². The molecule has 0 aromatic rings. The van der Waals surface area contributed by atoms with Crippen LogP contribution < -0.4 is 5.73 Å². The Hall–Kier alpha value is -0.610. The molecule has 0 radical (unpaired) electrons. The Morgan fingerprint density at radius 3 is 2.27 bits per heavy atom. The van der Waals surface area contributed by atoms with Gasteiger partial charge in [-0.25, -0.2) is 5.01 Å². The lowest BCUT2D eigenvalue weighted by Crippen LogP contribution is -2.50. The maximum atomic E-state index is 11.8. The van der Waals surface area contributed by atoms with Gasteiger partial charge in [-0.2, -0.15) is 0 Å². The number of nitrogens with zero attached hydrogens (tertiary/aromatic N) is 2. The summed E-state index contributed by atoms with van der Waals surface area (Å²) in [5.74, 6) is 0.134. The fourth-order valence-corrected chi connectivity index (χ4v) is 1.68. The Labute approximate surface area is 93.4 Å². The highest BCUT2D eigenvalue weighted by Gasteiger charge is 2.20. The van der Waals surface area contributed by atoms with Crippen molar-refractivity contribution in [1.29, 1.82) is 0 Å². The third-order valence-electron chi connectivity index (χ3n) is 2.31. The van der Waals surface area contributed by atoms with E-state index in [0.717, 1.165) is 19.5 Å². The van der Waals surface area contributed by atoms with Crippen molar-refractivity contribution in [1.82, 2.24) is 10.0 Å². The average molecular weight is 215 g/mol. The predicted molar refractivity (Wildman–Crippen MR) is 63.2 cm³/mol. The average Bonchev–Trinajstić information content (AvgIpc) is 2.17. The van der Waals surface area contributed by atoms with Crippen molar-refractivity contribution in [3.8, 4) is 0 Å². The molecule has 0 aromatic carbocycles. The molecule has 15 heavy (non-hydrogen) atoms. The number of hydrazine groups is 1. The van der Waals surface area contributed by atoms with Crippen LogP contribution in [-0.4, -0.2) is 41.6 Å². The van der Waals surface area contributed by atoms with E-state index in [1.54, 1.807) is 0 Å². The van der Waals surface area contributed by atoms with Gasteiger partial charge in [0.1, 0.15) is 0 Å². The molecule has 0 saturated carbocycles. The highest BCUT2D eigenvalue weighted by atomic mass is 16.2. The molecule has 0 aliphatic rings. The quantitative estimate of drug-likeness (QED) is 0.650. The Balaban J connectivity index is 4.53. The molecule has 4 heteroatoms. The number of hydrogen-bond acceptors (Lipinski definition) is 3. The van der Waals surface area contributed by atoms with Crippen LogP contribution in [0.15, 0.2) is 0 Å². The summed E-state index contributed by atoms with van der Waals surface area (Å²) in [5, 5.41) is 3.94. The minimum Gasteiger partial charge on any atom is -0.330 e. The Bertz CT molecular complexity index is 183. The van der Waals surface area contributed by atoms with Crippen molar-refractivity contribution >= 4 is 5.91 Å². The summed E-state index contributed by atoms with van der Waals surface area (Å²) < 4.78 is 0. The summed E-state index contributed by atoms with van der Waals surface area (Å²) in [6.45, 7) is 10.4. The van der Waals surface area contributed by atoms with E-state index in [2.05, 4.69) is 32.7 Å². The van der Waals surface area contributed by atoms with Crippen LogP contribution in [0.4, 0.5) is 0 Å². The summed E-state index contributed by atoms with van der Waals surface area (Å²) in [5.41, 5.74) is 5.42. The molecule has 90 valence electrons. The second kappa shape index (κ2) is 7.65. The summed E-state index contributed by atoms with van der Waals surface area (Å²) in [4.78, 5) is 11.8. The minimum atomic E-state index is 0.134. The molecule has 0 fully saturated rings. The molecule has 2 N–H and O–H groups in total. The van der Waals surface area contributed by atoms with Crippen LogP contribution in [0.25, 0.3) is 0 Å². The smallest absolute Gasteiger partial charge is 0.238 e. The maximum absolute atomic E-state index is 11.8. The van der Waals surface area contributed by atoms with Crippen molar-refractivity contribution in [2.45, 2.75) is 46.6 Å². The number of rotatable bonds is 7. The van der Waals surface area contributed by atoms with Crippen LogP contribution in [0, 0.1) is 0 Å². The largest absolute Gasteiger partial charge is 0.330 e. The van der Waals surface area contributed by atoms with E-state index in [-0.39, 0.29) is 5.91 Å². The standard InChI is InChI=1S/C11H25N3O/c1-5-9-14(11(15)7-8-12)13(6-2)10(3)4/h10H,5-9,12H2,1-4H3. The van der Waals surface area contributed by atoms with Crippen molar-refractivity contribution < 1.29 is 4.79 Å². The third-order valence-corrected chi connectivity index (χ3v) is 2.31. The van der Waals surface area contributed by atoms with Crippen molar-refractivity contribution in [3.63, 3.8) is 0 Å². The highest BCUT2D eigenvalue weighted by Crippen LogP contribution is 2.07. The fourth-order valence-electron chi connectivity index (χ4n) is 1.68. The third kappa shape index (κ3) is 4.62. The maximum Gasteiger partial charge on any atom is 0.238 e. The van der Waals surface area contributed by atoms with Gasteiger partial charge in [-0.1, -0.05) is 13.8 Å². The molecule has 0 saturated heterocycles. The Kier molecular flexibility index (Phi) is 7.34. The zero-order valence-corrected chi connectivity index (χ0v) is 10.5. The SMILES string of the molecule is CCCN(C(=O)CCN)N(CC)C(C)C. The molecule has 0 atom stereocenters. The molecule has 0 unspecified atom stereocenters. The Morgan fingerprint density at radius 1 is 1.33 bits per heavy atom. The van der Waals surface area contributed by atoms with Crippen LogP contribution >= 0.6 is 0 Å². The highest BCUT2D eigenvalue weighted by molar-refractivity contribution is 5.75. The van der Waals surface area contributed by atoms with E-state index >= 15 is 0 Å². The van der Waals surface area contributed by atoms with Crippen LogP contribution in [0.5, 0.6) is 0 Å². The van der Waals surface area contributed by atoms with Gasteiger partial charge in [0.05, 0.1) is 0 Å². The minimum absolute atomic E-state index is 0.134. The number of amides is 1. The van der Waals surface area contributed by atoms with E-state index in [4.69, 9.17) is 5.73 Å². The molecular formula is C11H25N3O. The van der Waals surface area contributed by atoms with Crippen molar-refractivity contribution in [2.75, 3.05) is 19.6 Å². The molecule has 0 bridgehead atoms. The second-order valence-electron chi connectivity index (χ2n) is 3.90. The van der Waals surface area contributed by atoms with Crippen molar-refractivity contribution in [3.05, 3.63) is 0 Å². The van der Waals surface area contributed by atoms with Crippen LogP contribution in [0.3, 0.4) is 0 Å². The van der Waals surface area contributed by atoms with E-state index in [1.165, 1.54) is 0 Å². The summed E-state index contributed by atoms with van der Waals surface area (Å²) in [7, 11) is 0. The normalized spacial score (nSPS) is 11.1. The lowest BCUT2D eigenvalue weighted by molar-refractivity contribution is -0.152. The zero-order valence-electron chi connectivity index (χ0n) is 10.5. The zero-order chi connectivity index (χ0) is 11.8. The lowest BCUT2D eigenvalue weighted by Gasteiger charge is -2.37. The molecular weight excluding hydrogens is 190 g/mol. The summed E-state index contributed by atoms with van der Waals surface area (Å²) >= 11 is 0. The van der Waals surface area contributed by atoms with Crippen LogP contribution in [0.2, 0.25) is 0 Å². The lowest BCUT2D eigenvalue weighted by atomic mass is 10.3. The monoisotopic (exact) mass is 215 g/mol. The second-order valence-corrected chi connectivity index (χ2v) is 3.90. The van der Waals surface area contributed by atoms with Crippen LogP contribution in [0.1, 0.15) is 40.5 Å². The first-order valence-electron chi connectivity index (χ1n) is 5.85. The first-order valence-corrected chi connectivity index (χ1v) is 5.85. The fraction of sp³-hybridized carbons (Fsp3) is 0.909. The topological polar surface area (TPSA) is 49.6 Å². The first kappa shape index (κ1) is 14.4. The van der Waals surface area contributed by atoms with E-state index < -0.39 is 0 Å².